The number of hydrogen-bond donors (Lipinski definition) is 2. The van der Waals surface area contributed by atoms with E-state index in [1.165, 1.54) is 11.3 Å². The SMILES string of the molecule is CNC(CN(C)Cc1ccc(Cl)s1)C(=O)O. The highest BCUT2D eigenvalue weighted by Gasteiger charge is 2.17. The second-order valence-electron chi connectivity index (χ2n) is 3.58. The van der Waals surface area contributed by atoms with Crippen molar-refractivity contribution >= 4 is 28.9 Å². The Hall–Kier alpha value is -0.620. The molecule has 1 atom stereocenters. The van der Waals surface area contributed by atoms with Crippen molar-refractivity contribution in [1.82, 2.24) is 10.2 Å². The molecule has 0 aliphatic carbocycles. The Morgan fingerprint density at radius 2 is 2.38 bits per heavy atom. The molecule has 0 aliphatic heterocycles. The van der Waals surface area contributed by atoms with Gasteiger partial charge in [0.15, 0.2) is 0 Å². The minimum absolute atomic E-state index is 0.460. The van der Waals surface area contributed by atoms with E-state index in [2.05, 4.69) is 5.32 Å². The zero-order chi connectivity index (χ0) is 12.1. The van der Waals surface area contributed by atoms with Crippen LogP contribution in [0.5, 0.6) is 0 Å². The summed E-state index contributed by atoms with van der Waals surface area (Å²) < 4.78 is 0.756. The summed E-state index contributed by atoms with van der Waals surface area (Å²) in [4.78, 5) is 13.9. The molecule has 1 aromatic heterocycles. The van der Waals surface area contributed by atoms with Gasteiger partial charge in [-0.2, -0.15) is 0 Å². The summed E-state index contributed by atoms with van der Waals surface area (Å²) in [5.74, 6) is -0.835. The summed E-state index contributed by atoms with van der Waals surface area (Å²) in [6, 6.07) is 3.27. The summed E-state index contributed by atoms with van der Waals surface area (Å²) in [5, 5.41) is 11.6. The van der Waals surface area contributed by atoms with Gasteiger partial charge in [-0.1, -0.05) is 11.6 Å². The highest BCUT2D eigenvalue weighted by atomic mass is 35.5. The molecule has 1 aromatic rings. The molecule has 0 aliphatic rings. The van der Waals surface area contributed by atoms with Crippen LogP contribution in [0.3, 0.4) is 0 Å². The maximum atomic E-state index is 10.8. The summed E-state index contributed by atoms with van der Waals surface area (Å²) in [6.07, 6.45) is 0. The highest BCUT2D eigenvalue weighted by Crippen LogP contribution is 2.22. The first kappa shape index (κ1) is 13.4. The maximum Gasteiger partial charge on any atom is 0.322 e. The van der Waals surface area contributed by atoms with Crippen molar-refractivity contribution in [2.45, 2.75) is 12.6 Å². The normalized spacial score (nSPS) is 13.0. The number of rotatable bonds is 6. The standard InChI is InChI=1S/C10H15ClN2O2S/c1-12-8(10(14)15)6-13(2)5-7-3-4-9(11)16-7/h3-4,8,12H,5-6H2,1-2H3,(H,14,15). The van der Waals surface area contributed by atoms with Gasteiger partial charge in [0.1, 0.15) is 6.04 Å². The lowest BCUT2D eigenvalue weighted by atomic mass is 10.3. The molecule has 2 N–H and O–H groups in total. The van der Waals surface area contributed by atoms with E-state index in [1.807, 2.05) is 24.1 Å². The number of thiophene rings is 1. The summed E-state index contributed by atoms with van der Waals surface area (Å²) in [5.41, 5.74) is 0. The first-order valence-corrected chi connectivity index (χ1v) is 6.05. The lowest BCUT2D eigenvalue weighted by molar-refractivity contribution is -0.139. The number of hydrogen-bond acceptors (Lipinski definition) is 4. The van der Waals surface area contributed by atoms with Gasteiger partial charge in [-0.15, -0.1) is 11.3 Å². The van der Waals surface area contributed by atoms with Crippen LogP contribution in [-0.4, -0.2) is 42.7 Å². The molecule has 0 bridgehead atoms. The van der Waals surface area contributed by atoms with Crippen LogP contribution in [0.2, 0.25) is 4.34 Å². The Balaban J connectivity index is 2.46. The van der Waals surface area contributed by atoms with Crippen molar-refractivity contribution < 1.29 is 9.90 Å². The predicted octanol–water partition coefficient (Wildman–Crippen LogP) is 1.51. The van der Waals surface area contributed by atoms with Gasteiger partial charge >= 0.3 is 5.97 Å². The number of carboxylic acids is 1. The van der Waals surface area contributed by atoms with Crippen LogP contribution < -0.4 is 5.32 Å². The average molecular weight is 263 g/mol. The lowest BCUT2D eigenvalue weighted by Gasteiger charge is -2.20. The Bertz CT molecular complexity index is 356. The summed E-state index contributed by atoms with van der Waals surface area (Å²) >= 11 is 7.34. The molecule has 90 valence electrons. The van der Waals surface area contributed by atoms with Crippen molar-refractivity contribution in [3.63, 3.8) is 0 Å². The molecule has 0 spiro atoms. The molecular formula is C10H15ClN2O2S. The molecule has 0 fully saturated rings. The largest absolute Gasteiger partial charge is 0.480 e. The molecule has 1 rings (SSSR count). The van der Waals surface area contributed by atoms with Gasteiger partial charge in [-0.3, -0.25) is 9.69 Å². The van der Waals surface area contributed by atoms with E-state index in [9.17, 15) is 4.79 Å². The topological polar surface area (TPSA) is 52.6 Å². The van der Waals surface area contributed by atoms with E-state index in [1.54, 1.807) is 7.05 Å². The molecule has 0 saturated carbocycles. The molecule has 0 amide bonds. The Kier molecular flexibility index (Phi) is 5.21. The van der Waals surface area contributed by atoms with Crippen molar-refractivity contribution in [2.24, 2.45) is 0 Å². The molecule has 6 heteroatoms. The quantitative estimate of drug-likeness (QED) is 0.816. The van der Waals surface area contributed by atoms with Crippen molar-refractivity contribution in [1.29, 1.82) is 0 Å². The Labute approximate surface area is 104 Å². The van der Waals surface area contributed by atoms with Crippen molar-refractivity contribution in [2.75, 3.05) is 20.6 Å². The number of nitrogens with one attached hydrogen (secondary N) is 1. The second kappa shape index (κ2) is 6.20. The van der Waals surface area contributed by atoms with Crippen LogP contribution in [0, 0.1) is 0 Å². The van der Waals surface area contributed by atoms with Crippen molar-refractivity contribution in [3.8, 4) is 0 Å². The third-order valence-electron chi connectivity index (χ3n) is 2.20. The second-order valence-corrected chi connectivity index (χ2v) is 5.38. The van der Waals surface area contributed by atoms with Gasteiger partial charge in [0.05, 0.1) is 4.34 Å². The average Bonchev–Trinajstić information content (AvgIpc) is 2.60. The first-order valence-electron chi connectivity index (χ1n) is 4.85. The van der Waals surface area contributed by atoms with E-state index >= 15 is 0 Å². The molecule has 1 heterocycles. The van der Waals surface area contributed by atoms with Gasteiger partial charge in [0.25, 0.3) is 0 Å². The van der Waals surface area contributed by atoms with Crippen molar-refractivity contribution in [3.05, 3.63) is 21.3 Å². The maximum absolute atomic E-state index is 10.8. The number of halogens is 1. The van der Waals surface area contributed by atoms with E-state index in [-0.39, 0.29) is 0 Å². The lowest BCUT2D eigenvalue weighted by Crippen LogP contribution is -2.43. The Morgan fingerprint density at radius 1 is 1.69 bits per heavy atom. The van der Waals surface area contributed by atoms with Crippen LogP contribution in [0.4, 0.5) is 0 Å². The van der Waals surface area contributed by atoms with Gasteiger partial charge in [0, 0.05) is 18.0 Å². The minimum atomic E-state index is -0.835. The minimum Gasteiger partial charge on any atom is -0.480 e. The summed E-state index contributed by atoms with van der Waals surface area (Å²) in [6.45, 7) is 1.17. The van der Waals surface area contributed by atoms with E-state index in [4.69, 9.17) is 16.7 Å². The number of aliphatic carboxylic acids is 1. The summed E-state index contributed by atoms with van der Waals surface area (Å²) in [7, 11) is 3.54. The van der Waals surface area contributed by atoms with Gasteiger partial charge in [0.2, 0.25) is 0 Å². The monoisotopic (exact) mass is 262 g/mol. The molecule has 0 saturated heterocycles. The fraction of sp³-hybridized carbons (Fsp3) is 0.500. The number of nitrogens with zero attached hydrogens (tertiary/aromatic N) is 1. The number of carboxylic acid groups (broad SMARTS) is 1. The van der Waals surface area contributed by atoms with Crippen LogP contribution in [0.15, 0.2) is 12.1 Å². The third-order valence-corrected chi connectivity index (χ3v) is 3.41. The van der Waals surface area contributed by atoms with Gasteiger partial charge < -0.3 is 10.4 Å². The first-order chi connectivity index (χ1) is 7.52. The van der Waals surface area contributed by atoms with E-state index < -0.39 is 12.0 Å². The zero-order valence-electron chi connectivity index (χ0n) is 9.24. The highest BCUT2D eigenvalue weighted by molar-refractivity contribution is 7.16. The molecule has 16 heavy (non-hydrogen) atoms. The molecule has 0 aromatic carbocycles. The van der Waals surface area contributed by atoms with Gasteiger partial charge in [-0.25, -0.2) is 0 Å². The predicted molar refractivity (Wildman–Crippen MR) is 66.1 cm³/mol. The third kappa shape index (κ3) is 4.09. The van der Waals surface area contributed by atoms with E-state index in [0.29, 0.717) is 13.1 Å². The molecule has 1 unspecified atom stereocenters. The number of likely N-dealkylation sites (N-methyl/N-ethyl adjacent to an activating group) is 2. The smallest absolute Gasteiger partial charge is 0.322 e. The Morgan fingerprint density at radius 3 is 2.81 bits per heavy atom. The van der Waals surface area contributed by atoms with Crippen LogP contribution in [0.25, 0.3) is 0 Å². The van der Waals surface area contributed by atoms with Crippen LogP contribution in [-0.2, 0) is 11.3 Å². The number of carbonyl (C=O) groups is 1. The van der Waals surface area contributed by atoms with Crippen LogP contribution in [0.1, 0.15) is 4.88 Å². The van der Waals surface area contributed by atoms with E-state index in [0.717, 1.165) is 9.21 Å². The zero-order valence-corrected chi connectivity index (χ0v) is 10.8. The molecule has 0 radical (unpaired) electrons. The van der Waals surface area contributed by atoms with Gasteiger partial charge in [-0.05, 0) is 26.2 Å². The molecular weight excluding hydrogens is 248 g/mol. The molecule has 4 nitrogen and oxygen atoms in total. The fourth-order valence-corrected chi connectivity index (χ4v) is 2.54. The van der Waals surface area contributed by atoms with Crippen LogP contribution >= 0.6 is 22.9 Å². The fourth-order valence-electron chi connectivity index (χ4n) is 1.37.